The first kappa shape index (κ1) is 17.8. The van der Waals surface area contributed by atoms with E-state index in [4.69, 9.17) is 14.2 Å². The topological polar surface area (TPSA) is 89.5 Å². The lowest BCUT2D eigenvalue weighted by Crippen LogP contribution is -2.40. The van der Waals surface area contributed by atoms with Crippen LogP contribution in [-0.4, -0.2) is 43.5 Å². The summed E-state index contributed by atoms with van der Waals surface area (Å²) in [6.07, 6.45) is 1.44. The van der Waals surface area contributed by atoms with E-state index in [0.717, 1.165) is 5.01 Å². The minimum atomic E-state index is -1.20. The molecule has 144 valence electrons. The van der Waals surface area contributed by atoms with Crippen molar-refractivity contribution in [2.45, 2.75) is 12.5 Å². The Bertz CT molecular complexity index is 957. The maximum Gasteiger partial charge on any atom is 0.346 e. The lowest BCUT2D eigenvalue weighted by Gasteiger charge is -2.21. The number of amides is 3. The average molecular weight is 381 g/mol. The van der Waals surface area contributed by atoms with Crippen molar-refractivity contribution in [3.8, 4) is 17.2 Å². The molecule has 1 saturated heterocycles. The van der Waals surface area contributed by atoms with Crippen molar-refractivity contribution in [2.75, 3.05) is 20.3 Å². The molecule has 8 heteroatoms. The Hall–Kier alpha value is -3.55. The van der Waals surface area contributed by atoms with Crippen molar-refractivity contribution in [3.05, 3.63) is 53.6 Å². The number of hydrogen-bond acceptors (Lipinski definition) is 6. The van der Waals surface area contributed by atoms with Crippen molar-refractivity contribution in [3.63, 3.8) is 0 Å². The minimum Gasteiger partial charge on any atom is -0.497 e. The Morgan fingerprint density at radius 3 is 2.54 bits per heavy atom. The van der Waals surface area contributed by atoms with Gasteiger partial charge in [0.1, 0.15) is 24.5 Å². The molecule has 1 fully saturated rings. The Kier molecular flexibility index (Phi) is 4.38. The van der Waals surface area contributed by atoms with Gasteiger partial charge in [0.15, 0.2) is 11.5 Å². The highest BCUT2D eigenvalue weighted by Crippen LogP contribution is 2.32. The molecular weight excluding hydrogens is 362 g/mol. The van der Waals surface area contributed by atoms with Gasteiger partial charge in [0, 0.05) is 0 Å². The SMILES string of the molecule is COc1ccc(C2(C)NC(=O)N(/N=C/c3ccc4c(c3)OCCO4)C2=O)cc1. The monoisotopic (exact) mass is 381 g/mol. The number of carbonyl (C=O) groups excluding carboxylic acids is 2. The highest BCUT2D eigenvalue weighted by atomic mass is 16.6. The lowest BCUT2D eigenvalue weighted by molar-refractivity contribution is -0.131. The number of benzene rings is 2. The second-order valence-electron chi connectivity index (χ2n) is 6.55. The lowest BCUT2D eigenvalue weighted by atomic mass is 9.92. The molecule has 2 aromatic rings. The fraction of sp³-hybridized carbons (Fsp3) is 0.250. The van der Waals surface area contributed by atoms with Gasteiger partial charge in [-0.3, -0.25) is 4.79 Å². The molecule has 3 amide bonds. The standard InChI is InChI=1S/C20H19N3O5/c1-20(14-4-6-15(26-2)7-5-14)18(24)23(19(25)22-20)21-12-13-3-8-16-17(11-13)28-10-9-27-16/h3-8,11-12H,9-10H2,1-2H3,(H,22,25)/b21-12+. The number of rotatable bonds is 4. The normalized spacial score (nSPS) is 21.1. The number of carbonyl (C=O) groups is 2. The highest BCUT2D eigenvalue weighted by Gasteiger charge is 2.49. The second-order valence-corrected chi connectivity index (χ2v) is 6.55. The Morgan fingerprint density at radius 1 is 1.11 bits per heavy atom. The summed E-state index contributed by atoms with van der Waals surface area (Å²) in [6.45, 7) is 2.63. The van der Waals surface area contributed by atoms with E-state index >= 15 is 0 Å². The molecule has 4 rings (SSSR count). The van der Waals surface area contributed by atoms with Gasteiger partial charge in [-0.05, 0) is 48.4 Å². The molecule has 0 saturated carbocycles. The molecule has 28 heavy (non-hydrogen) atoms. The van der Waals surface area contributed by atoms with E-state index < -0.39 is 17.5 Å². The number of fused-ring (bicyclic) bond motifs is 1. The highest BCUT2D eigenvalue weighted by molar-refractivity contribution is 6.07. The number of nitrogens with one attached hydrogen (secondary N) is 1. The van der Waals surface area contributed by atoms with Crippen LogP contribution in [0, 0.1) is 0 Å². The predicted molar refractivity (Wildman–Crippen MR) is 101 cm³/mol. The smallest absolute Gasteiger partial charge is 0.346 e. The Balaban J connectivity index is 1.56. The molecule has 2 aliphatic rings. The molecule has 1 unspecified atom stereocenters. The van der Waals surface area contributed by atoms with Gasteiger partial charge in [0.2, 0.25) is 0 Å². The Labute approximate surface area is 161 Å². The zero-order valence-corrected chi connectivity index (χ0v) is 15.5. The number of hydrazone groups is 1. The van der Waals surface area contributed by atoms with Gasteiger partial charge in [0.05, 0.1) is 13.3 Å². The molecule has 0 spiro atoms. The molecule has 0 aliphatic carbocycles. The van der Waals surface area contributed by atoms with Crippen LogP contribution in [0.2, 0.25) is 0 Å². The maximum atomic E-state index is 12.9. The largest absolute Gasteiger partial charge is 0.497 e. The van der Waals surface area contributed by atoms with Gasteiger partial charge < -0.3 is 19.5 Å². The zero-order valence-electron chi connectivity index (χ0n) is 15.5. The van der Waals surface area contributed by atoms with Crippen molar-refractivity contribution in [2.24, 2.45) is 5.10 Å². The molecule has 2 aromatic carbocycles. The molecule has 0 radical (unpaired) electrons. The minimum absolute atomic E-state index is 0.462. The molecule has 1 N–H and O–H groups in total. The van der Waals surface area contributed by atoms with Crippen molar-refractivity contribution in [1.29, 1.82) is 0 Å². The van der Waals surface area contributed by atoms with Gasteiger partial charge in [-0.15, -0.1) is 5.01 Å². The molecule has 0 aromatic heterocycles. The summed E-state index contributed by atoms with van der Waals surface area (Å²) < 4.78 is 16.1. The number of nitrogens with zero attached hydrogens (tertiary/aromatic N) is 2. The van der Waals surface area contributed by atoms with Crippen LogP contribution in [0.3, 0.4) is 0 Å². The summed E-state index contributed by atoms with van der Waals surface area (Å²) >= 11 is 0. The number of urea groups is 1. The molecule has 2 heterocycles. The van der Waals surface area contributed by atoms with Crippen LogP contribution < -0.4 is 19.5 Å². The molecule has 1 atom stereocenters. The van der Waals surface area contributed by atoms with E-state index in [0.29, 0.717) is 41.6 Å². The molecular formula is C20H19N3O5. The summed E-state index contributed by atoms with van der Waals surface area (Å²) in [5, 5.41) is 7.63. The molecule has 0 bridgehead atoms. The van der Waals surface area contributed by atoms with Crippen LogP contribution in [0.25, 0.3) is 0 Å². The molecule has 2 aliphatic heterocycles. The van der Waals surface area contributed by atoms with Gasteiger partial charge >= 0.3 is 6.03 Å². The van der Waals surface area contributed by atoms with Crippen LogP contribution in [0.4, 0.5) is 4.79 Å². The van der Waals surface area contributed by atoms with Crippen molar-refractivity contribution < 1.29 is 23.8 Å². The van der Waals surface area contributed by atoms with E-state index in [1.165, 1.54) is 6.21 Å². The average Bonchev–Trinajstić information content (AvgIpc) is 2.95. The van der Waals surface area contributed by atoms with E-state index in [1.807, 2.05) is 0 Å². The maximum absolute atomic E-state index is 12.9. The van der Waals surface area contributed by atoms with Gasteiger partial charge in [-0.25, -0.2) is 4.79 Å². The summed E-state index contributed by atoms with van der Waals surface area (Å²) in [5.74, 6) is 1.47. The fourth-order valence-corrected chi connectivity index (χ4v) is 3.11. The third-order valence-corrected chi connectivity index (χ3v) is 4.73. The molecule has 8 nitrogen and oxygen atoms in total. The number of ether oxygens (including phenoxy) is 3. The Morgan fingerprint density at radius 2 is 1.82 bits per heavy atom. The zero-order chi connectivity index (χ0) is 19.7. The third-order valence-electron chi connectivity index (χ3n) is 4.73. The fourth-order valence-electron chi connectivity index (χ4n) is 3.11. The number of imide groups is 1. The van der Waals surface area contributed by atoms with Crippen LogP contribution >= 0.6 is 0 Å². The summed E-state index contributed by atoms with van der Waals surface area (Å²) in [4.78, 5) is 25.3. The summed E-state index contributed by atoms with van der Waals surface area (Å²) in [6, 6.07) is 11.7. The van der Waals surface area contributed by atoms with Crippen molar-refractivity contribution >= 4 is 18.2 Å². The summed E-state index contributed by atoms with van der Waals surface area (Å²) in [5.41, 5.74) is 0.125. The van der Waals surface area contributed by atoms with Crippen LogP contribution in [0.1, 0.15) is 18.1 Å². The van der Waals surface area contributed by atoms with E-state index in [2.05, 4.69) is 10.4 Å². The van der Waals surface area contributed by atoms with Gasteiger partial charge in [0.25, 0.3) is 5.91 Å². The summed E-state index contributed by atoms with van der Waals surface area (Å²) in [7, 11) is 1.56. The third kappa shape index (κ3) is 3.02. The van der Waals surface area contributed by atoms with E-state index in [9.17, 15) is 9.59 Å². The first-order valence-electron chi connectivity index (χ1n) is 8.76. The van der Waals surface area contributed by atoms with Crippen LogP contribution in [0.15, 0.2) is 47.6 Å². The second kappa shape index (κ2) is 6.88. The van der Waals surface area contributed by atoms with E-state index in [-0.39, 0.29) is 0 Å². The van der Waals surface area contributed by atoms with Gasteiger partial charge in [-0.2, -0.15) is 5.10 Å². The first-order valence-corrected chi connectivity index (χ1v) is 8.76. The van der Waals surface area contributed by atoms with E-state index in [1.54, 1.807) is 56.5 Å². The van der Waals surface area contributed by atoms with Crippen LogP contribution in [-0.2, 0) is 10.3 Å². The predicted octanol–water partition coefficient (Wildman–Crippen LogP) is 2.27. The number of hydrogen-bond donors (Lipinski definition) is 1. The first-order chi connectivity index (χ1) is 13.5. The quantitative estimate of drug-likeness (QED) is 0.648. The number of methoxy groups -OCH3 is 1. The van der Waals surface area contributed by atoms with Crippen LogP contribution in [0.5, 0.6) is 17.2 Å². The van der Waals surface area contributed by atoms with Gasteiger partial charge in [-0.1, -0.05) is 12.1 Å². The van der Waals surface area contributed by atoms with Crippen molar-refractivity contribution in [1.82, 2.24) is 10.3 Å².